The molecule has 1 aliphatic rings. The van der Waals surface area contributed by atoms with Crippen LogP contribution in [-0.2, 0) is 0 Å². The van der Waals surface area contributed by atoms with Crippen LogP contribution in [0.4, 0.5) is 5.95 Å². The number of anilines is 1. The number of pyridine rings is 1. The number of allylic oxidation sites excluding steroid dienone is 1. The lowest BCUT2D eigenvalue weighted by Gasteiger charge is -2.24. The third-order valence-electron chi connectivity index (χ3n) is 3.57. The number of nitrogens with one attached hydrogen (secondary N) is 1. The molecular formula is C16H12ClN5. The zero-order chi connectivity index (χ0) is 14.9. The summed E-state index contributed by atoms with van der Waals surface area (Å²) >= 11 is 6.13. The van der Waals surface area contributed by atoms with E-state index in [0.29, 0.717) is 11.0 Å². The lowest BCUT2D eigenvalue weighted by atomic mass is 10.0. The van der Waals surface area contributed by atoms with Crippen LogP contribution < -0.4 is 5.32 Å². The van der Waals surface area contributed by atoms with E-state index in [2.05, 4.69) is 26.5 Å². The number of aromatic nitrogens is 4. The summed E-state index contributed by atoms with van der Waals surface area (Å²) in [6.45, 7) is 0. The first kappa shape index (κ1) is 13.0. The predicted octanol–water partition coefficient (Wildman–Crippen LogP) is 3.38. The van der Waals surface area contributed by atoms with Gasteiger partial charge in [-0.05, 0) is 35.9 Å². The molecule has 0 bridgehead atoms. The Hall–Kier alpha value is -2.66. The van der Waals surface area contributed by atoms with Crippen molar-refractivity contribution < 1.29 is 0 Å². The van der Waals surface area contributed by atoms with Crippen LogP contribution in [0.25, 0.3) is 5.70 Å². The maximum atomic E-state index is 6.13. The van der Waals surface area contributed by atoms with Gasteiger partial charge in [-0.3, -0.25) is 4.98 Å². The first-order valence-corrected chi connectivity index (χ1v) is 7.23. The molecule has 1 atom stereocenters. The highest BCUT2D eigenvalue weighted by Crippen LogP contribution is 2.32. The van der Waals surface area contributed by atoms with E-state index in [-0.39, 0.29) is 6.04 Å². The van der Waals surface area contributed by atoms with Crippen LogP contribution in [0.1, 0.15) is 17.2 Å². The molecule has 5 nitrogen and oxygen atoms in total. The summed E-state index contributed by atoms with van der Waals surface area (Å²) in [7, 11) is 0. The van der Waals surface area contributed by atoms with Gasteiger partial charge < -0.3 is 5.32 Å². The Bertz CT molecular complexity index is 841. The van der Waals surface area contributed by atoms with Crippen LogP contribution in [0.5, 0.6) is 0 Å². The van der Waals surface area contributed by atoms with Gasteiger partial charge in [0, 0.05) is 28.7 Å². The van der Waals surface area contributed by atoms with Crippen molar-refractivity contribution in [2.24, 2.45) is 0 Å². The van der Waals surface area contributed by atoms with Gasteiger partial charge in [-0.2, -0.15) is 10.1 Å². The topological polar surface area (TPSA) is 55.6 Å². The van der Waals surface area contributed by atoms with E-state index in [1.807, 2.05) is 47.3 Å². The molecule has 108 valence electrons. The highest BCUT2D eigenvalue weighted by molar-refractivity contribution is 6.30. The molecule has 0 aliphatic carbocycles. The first-order chi connectivity index (χ1) is 10.8. The van der Waals surface area contributed by atoms with Crippen LogP contribution >= 0.6 is 11.6 Å². The molecule has 3 aromatic rings. The second kappa shape index (κ2) is 5.27. The lowest BCUT2D eigenvalue weighted by molar-refractivity contribution is 0.612. The molecule has 0 saturated carbocycles. The minimum absolute atomic E-state index is 0.0624. The number of fused-ring (bicyclic) bond motifs is 1. The van der Waals surface area contributed by atoms with Gasteiger partial charge in [0.25, 0.3) is 0 Å². The minimum atomic E-state index is -0.0624. The fourth-order valence-corrected chi connectivity index (χ4v) is 2.75. The third-order valence-corrected chi connectivity index (χ3v) is 3.81. The van der Waals surface area contributed by atoms with Crippen molar-refractivity contribution in [2.75, 3.05) is 5.32 Å². The summed E-state index contributed by atoms with van der Waals surface area (Å²) in [5.41, 5.74) is 3.02. The minimum Gasteiger partial charge on any atom is -0.324 e. The van der Waals surface area contributed by atoms with Crippen molar-refractivity contribution in [2.45, 2.75) is 6.04 Å². The normalized spacial score (nSPS) is 16.6. The van der Waals surface area contributed by atoms with Crippen molar-refractivity contribution in [3.05, 3.63) is 77.3 Å². The Morgan fingerprint density at radius 2 is 2.14 bits per heavy atom. The van der Waals surface area contributed by atoms with E-state index in [1.165, 1.54) is 0 Å². The maximum absolute atomic E-state index is 6.13. The van der Waals surface area contributed by atoms with E-state index in [4.69, 9.17) is 11.6 Å². The number of benzene rings is 1. The second-order valence-electron chi connectivity index (χ2n) is 4.98. The Kier molecular flexibility index (Phi) is 3.12. The molecule has 1 unspecified atom stereocenters. The average molecular weight is 310 g/mol. The van der Waals surface area contributed by atoms with Crippen LogP contribution in [-0.4, -0.2) is 19.7 Å². The highest BCUT2D eigenvalue weighted by atomic mass is 35.5. The Morgan fingerprint density at radius 1 is 1.18 bits per heavy atom. The van der Waals surface area contributed by atoms with E-state index in [9.17, 15) is 0 Å². The number of rotatable bonds is 2. The fourth-order valence-electron chi connectivity index (χ4n) is 2.55. The Morgan fingerprint density at radius 3 is 2.95 bits per heavy atom. The van der Waals surface area contributed by atoms with Gasteiger partial charge in [0.2, 0.25) is 5.95 Å². The van der Waals surface area contributed by atoms with Crippen molar-refractivity contribution >= 4 is 23.2 Å². The molecule has 1 aromatic carbocycles. The fraction of sp³-hybridized carbons (Fsp3) is 0.0625. The number of hydrogen-bond donors (Lipinski definition) is 1. The molecule has 1 aliphatic heterocycles. The Labute approximate surface area is 132 Å². The molecule has 0 fully saturated rings. The molecular weight excluding hydrogens is 298 g/mol. The monoisotopic (exact) mass is 309 g/mol. The van der Waals surface area contributed by atoms with Gasteiger partial charge in [-0.25, -0.2) is 4.68 Å². The number of hydrogen-bond acceptors (Lipinski definition) is 4. The smallest absolute Gasteiger partial charge is 0.226 e. The second-order valence-corrected chi connectivity index (χ2v) is 5.41. The predicted molar refractivity (Wildman–Crippen MR) is 85.4 cm³/mol. The van der Waals surface area contributed by atoms with Crippen LogP contribution in [0.2, 0.25) is 5.02 Å². The molecule has 6 heteroatoms. The summed E-state index contributed by atoms with van der Waals surface area (Å²) in [5, 5.41) is 8.30. The molecule has 3 heterocycles. The highest BCUT2D eigenvalue weighted by Gasteiger charge is 2.23. The maximum Gasteiger partial charge on any atom is 0.226 e. The molecule has 0 saturated heterocycles. The molecule has 0 amide bonds. The first-order valence-electron chi connectivity index (χ1n) is 6.85. The van der Waals surface area contributed by atoms with Crippen LogP contribution in [0.3, 0.4) is 0 Å². The summed E-state index contributed by atoms with van der Waals surface area (Å²) in [6, 6.07) is 11.6. The zero-order valence-electron chi connectivity index (χ0n) is 11.5. The largest absolute Gasteiger partial charge is 0.324 e. The Balaban J connectivity index is 1.83. The van der Waals surface area contributed by atoms with Gasteiger partial charge in [0.15, 0.2) is 0 Å². The molecule has 4 rings (SSSR count). The van der Waals surface area contributed by atoms with E-state index in [0.717, 1.165) is 16.8 Å². The molecule has 0 spiro atoms. The van der Waals surface area contributed by atoms with Gasteiger partial charge in [0.05, 0.1) is 0 Å². The van der Waals surface area contributed by atoms with Crippen molar-refractivity contribution in [1.82, 2.24) is 19.7 Å². The van der Waals surface area contributed by atoms with Gasteiger partial charge in [-0.15, -0.1) is 0 Å². The molecule has 22 heavy (non-hydrogen) atoms. The van der Waals surface area contributed by atoms with Gasteiger partial charge >= 0.3 is 0 Å². The third kappa shape index (κ3) is 2.25. The lowest BCUT2D eigenvalue weighted by Crippen LogP contribution is -2.20. The van der Waals surface area contributed by atoms with E-state index in [1.54, 1.807) is 12.5 Å². The van der Waals surface area contributed by atoms with Gasteiger partial charge in [0.1, 0.15) is 12.4 Å². The van der Waals surface area contributed by atoms with E-state index < -0.39 is 0 Å². The van der Waals surface area contributed by atoms with Crippen LogP contribution in [0, 0.1) is 0 Å². The van der Waals surface area contributed by atoms with E-state index >= 15 is 0 Å². The van der Waals surface area contributed by atoms with Crippen molar-refractivity contribution in [3.8, 4) is 0 Å². The van der Waals surface area contributed by atoms with Crippen molar-refractivity contribution in [3.63, 3.8) is 0 Å². The quantitative estimate of drug-likeness (QED) is 0.788. The zero-order valence-corrected chi connectivity index (χ0v) is 12.3. The standard InChI is InChI=1S/C16H12ClN5/c17-13-5-1-3-11(7-13)15-8-14(12-4-2-6-18-9-12)21-16-19-10-20-22(15)16/h1-10,15H,(H,19,20,21). The van der Waals surface area contributed by atoms with Crippen LogP contribution in [0.15, 0.2) is 61.2 Å². The number of halogens is 1. The SMILES string of the molecule is Clc1cccc(C2C=C(c3cccnc3)Nc3ncnn32)c1. The van der Waals surface area contributed by atoms with Gasteiger partial charge in [-0.1, -0.05) is 23.7 Å². The summed E-state index contributed by atoms with van der Waals surface area (Å²) in [4.78, 5) is 8.45. The summed E-state index contributed by atoms with van der Waals surface area (Å²) < 4.78 is 1.84. The summed E-state index contributed by atoms with van der Waals surface area (Å²) in [5.74, 6) is 0.700. The average Bonchev–Trinajstić information content (AvgIpc) is 3.03. The molecule has 0 radical (unpaired) electrons. The summed E-state index contributed by atoms with van der Waals surface area (Å²) in [6.07, 6.45) is 7.22. The number of nitrogens with zero attached hydrogens (tertiary/aromatic N) is 4. The molecule has 1 N–H and O–H groups in total. The molecule has 2 aromatic heterocycles. The van der Waals surface area contributed by atoms with Crippen molar-refractivity contribution in [1.29, 1.82) is 0 Å².